The van der Waals surface area contributed by atoms with Gasteiger partial charge >= 0.3 is 0 Å². The molecule has 1 aromatic heterocycles. The van der Waals surface area contributed by atoms with Crippen LogP contribution in [0, 0.1) is 0 Å². The maximum atomic E-state index is 4.23. The Morgan fingerprint density at radius 1 is 0.895 bits per heavy atom. The number of benzene rings is 1. The molecule has 0 aliphatic heterocycles. The van der Waals surface area contributed by atoms with Crippen LogP contribution in [0.1, 0.15) is 39.0 Å². The van der Waals surface area contributed by atoms with Gasteiger partial charge in [-0.25, -0.2) is 0 Å². The van der Waals surface area contributed by atoms with Crippen molar-refractivity contribution < 1.29 is 0 Å². The topological polar surface area (TPSA) is 25.8 Å². The fourth-order valence-corrected chi connectivity index (χ4v) is 1.78. The molecule has 100 valence electrons. The predicted molar refractivity (Wildman–Crippen MR) is 82.9 cm³/mol. The molecule has 0 radical (unpaired) electrons. The molecule has 0 saturated carbocycles. The van der Waals surface area contributed by atoms with Gasteiger partial charge in [0.05, 0.1) is 11.4 Å². The highest BCUT2D eigenvalue weighted by atomic mass is 15.1. The first-order chi connectivity index (χ1) is 9.43. The second kappa shape index (κ2) is 8.20. The minimum atomic E-state index is 0.914. The summed E-state index contributed by atoms with van der Waals surface area (Å²) in [6, 6.07) is 12.2. The van der Waals surface area contributed by atoms with Gasteiger partial charge in [0.2, 0.25) is 0 Å². The van der Waals surface area contributed by atoms with Gasteiger partial charge in [-0.1, -0.05) is 70.2 Å². The second-order valence-electron chi connectivity index (χ2n) is 3.60. The van der Waals surface area contributed by atoms with E-state index in [0.717, 1.165) is 23.4 Å². The number of fused-ring (bicyclic) bond motifs is 1. The van der Waals surface area contributed by atoms with Gasteiger partial charge in [-0.3, -0.25) is 0 Å². The molecule has 0 N–H and O–H groups in total. The highest BCUT2D eigenvalue weighted by Gasteiger charge is 2.08. The maximum absolute atomic E-state index is 4.23. The van der Waals surface area contributed by atoms with Crippen molar-refractivity contribution in [3.05, 3.63) is 53.7 Å². The Bertz CT molecular complexity index is 516. The first-order valence-electron chi connectivity index (χ1n) is 7.02. The fourth-order valence-electron chi connectivity index (χ4n) is 1.78. The third kappa shape index (κ3) is 3.75. The van der Waals surface area contributed by atoms with E-state index in [1.165, 1.54) is 5.56 Å². The van der Waals surface area contributed by atoms with Crippen LogP contribution in [0.15, 0.2) is 42.5 Å². The first kappa shape index (κ1) is 15.1. The van der Waals surface area contributed by atoms with Gasteiger partial charge in [-0.05, 0) is 6.07 Å². The molecular formula is C17H22N2. The van der Waals surface area contributed by atoms with Crippen molar-refractivity contribution in [1.29, 1.82) is 0 Å². The van der Waals surface area contributed by atoms with Crippen molar-refractivity contribution >= 4 is 6.08 Å². The minimum absolute atomic E-state index is 0.914. The zero-order chi connectivity index (χ0) is 14.1. The van der Waals surface area contributed by atoms with Crippen LogP contribution in [0.4, 0.5) is 0 Å². The molecule has 1 heterocycles. The molecule has 19 heavy (non-hydrogen) atoms. The average Bonchev–Trinajstić information content (AvgIpc) is 2.99. The lowest BCUT2D eigenvalue weighted by Gasteiger charge is -2.01. The molecule has 0 spiro atoms. The lowest BCUT2D eigenvalue weighted by molar-refractivity contribution is 0.961. The van der Waals surface area contributed by atoms with E-state index >= 15 is 0 Å². The SMILES string of the molecule is C1=Cc2cc(-c3ccccc3)nnc2C1.CC.CC. The maximum Gasteiger partial charge on any atom is 0.0935 e. The van der Waals surface area contributed by atoms with Gasteiger partial charge in [0, 0.05) is 17.5 Å². The number of hydrogen-bond donors (Lipinski definition) is 0. The average molecular weight is 254 g/mol. The molecule has 2 heteroatoms. The van der Waals surface area contributed by atoms with E-state index in [1.807, 2.05) is 45.9 Å². The van der Waals surface area contributed by atoms with Crippen molar-refractivity contribution in [2.24, 2.45) is 0 Å². The van der Waals surface area contributed by atoms with Gasteiger partial charge in [0.25, 0.3) is 0 Å². The van der Waals surface area contributed by atoms with Crippen LogP contribution in [-0.4, -0.2) is 10.2 Å². The van der Waals surface area contributed by atoms with Crippen molar-refractivity contribution in [3.8, 4) is 11.3 Å². The Labute approximate surface area is 116 Å². The monoisotopic (exact) mass is 254 g/mol. The summed E-state index contributed by atoms with van der Waals surface area (Å²) >= 11 is 0. The van der Waals surface area contributed by atoms with E-state index in [0.29, 0.717) is 0 Å². The standard InChI is InChI=1S/C13H10N2.2C2H6/c1-2-5-10(6-3-1)13-9-11-7-4-8-12(11)14-15-13;2*1-2/h1-7,9H,8H2;2*1-2H3. The second-order valence-corrected chi connectivity index (χ2v) is 3.60. The van der Waals surface area contributed by atoms with E-state index in [9.17, 15) is 0 Å². The lowest BCUT2D eigenvalue weighted by atomic mass is 10.1. The molecule has 2 nitrogen and oxygen atoms in total. The van der Waals surface area contributed by atoms with Crippen molar-refractivity contribution in [2.45, 2.75) is 34.1 Å². The largest absolute Gasteiger partial charge is 0.154 e. The van der Waals surface area contributed by atoms with Crippen LogP contribution in [0.25, 0.3) is 17.3 Å². The van der Waals surface area contributed by atoms with Crippen LogP contribution >= 0.6 is 0 Å². The van der Waals surface area contributed by atoms with Gasteiger partial charge in [0.15, 0.2) is 0 Å². The Morgan fingerprint density at radius 2 is 1.58 bits per heavy atom. The number of rotatable bonds is 1. The third-order valence-electron chi connectivity index (χ3n) is 2.58. The highest BCUT2D eigenvalue weighted by molar-refractivity contribution is 5.66. The summed E-state index contributed by atoms with van der Waals surface area (Å²) < 4.78 is 0. The molecule has 0 atom stereocenters. The molecule has 3 rings (SSSR count). The Balaban J connectivity index is 0.000000415. The van der Waals surface area contributed by atoms with Crippen LogP contribution in [0.3, 0.4) is 0 Å². The summed E-state index contributed by atoms with van der Waals surface area (Å²) in [4.78, 5) is 0. The molecule has 0 unspecified atom stereocenters. The van der Waals surface area contributed by atoms with Crippen molar-refractivity contribution in [1.82, 2.24) is 10.2 Å². The molecule has 0 amide bonds. The van der Waals surface area contributed by atoms with Crippen LogP contribution < -0.4 is 0 Å². The van der Waals surface area contributed by atoms with Gasteiger partial charge in [-0.2, -0.15) is 10.2 Å². The molecule has 1 aliphatic carbocycles. The Morgan fingerprint density at radius 3 is 2.26 bits per heavy atom. The quantitative estimate of drug-likeness (QED) is 0.733. The molecule has 0 bridgehead atoms. The number of allylic oxidation sites excluding steroid dienone is 1. The summed E-state index contributed by atoms with van der Waals surface area (Å²) in [6.07, 6.45) is 5.14. The number of nitrogens with zero attached hydrogens (tertiary/aromatic N) is 2. The summed E-state index contributed by atoms with van der Waals surface area (Å²) in [5.74, 6) is 0. The summed E-state index contributed by atoms with van der Waals surface area (Å²) in [7, 11) is 0. The van der Waals surface area contributed by atoms with E-state index in [2.05, 4.69) is 40.5 Å². The lowest BCUT2D eigenvalue weighted by Crippen LogP contribution is -1.94. The van der Waals surface area contributed by atoms with E-state index in [1.54, 1.807) is 0 Å². The highest BCUT2D eigenvalue weighted by Crippen LogP contribution is 2.22. The van der Waals surface area contributed by atoms with Crippen LogP contribution in [0.5, 0.6) is 0 Å². The number of hydrogen-bond acceptors (Lipinski definition) is 2. The predicted octanol–water partition coefficient (Wildman–Crippen LogP) is 4.77. The van der Waals surface area contributed by atoms with Crippen molar-refractivity contribution in [2.75, 3.05) is 0 Å². The summed E-state index contributed by atoms with van der Waals surface area (Å²) in [5, 5.41) is 8.45. The molecule has 2 aromatic rings. The number of aromatic nitrogens is 2. The van der Waals surface area contributed by atoms with Gasteiger partial charge in [-0.15, -0.1) is 0 Å². The van der Waals surface area contributed by atoms with Crippen LogP contribution in [-0.2, 0) is 6.42 Å². The molecule has 1 aliphatic rings. The normalized spacial score (nSPS) is 10.7. The van der Waals surface area contributed by atoms with Gasteiger partial charge in [0.1, 0.15) is 0 Å². The first-order valence-corrected chi connectivity index (χ1v) is 7.02. The summed E-state index contributed by atoms with van der Waals surface area (Å²) in [5.41, 5.74) is 4.34. The van der Waals surface area contributed by atoms with E-state index in [-0.39, 0.29) is 0 Å². The minimum Gasteiger partial charge on any atom is -0.154 e. The van der Waals surface area contributed by atoms with E-state index in [4.69, 9.17) is 0 Å². The van der Waals surface area contributed by atoms with E-state index < -0.39 is 0 Å². The zero-order valence-electron chi connectivity index (χ0n) is 12.2. The fraction of sp³-hybridized carbons (Fsp3) is 0.294. The molecule has 0 saturated heterocycles. The zero-order valence-corrected chi connectivity index (χ0v) is 12.2. The molecule has 1 aromatic carbocycles. The Hall–Kier alpha value is -1.96. The third-order valence-corrected chi connectivity index (χ3v) is 2.58. The summed E-state index contributed by atoms with van der Waals surface area (Å²) in [6.45, 7) is 8.00. The van der Waals surface area contributed by atoms with Gasteiger partial charge < -0.3 is 0 Å². The van der Waals surface area contributed by atoms with Crippen LogP contribution in [0.2, 0.25) is 0 Å². The smallest absolute Gasteiger partial charge is 0.0935 e. The Kier molecular flexibility index (Phi) is 6.51. The van der Waals surface area contributed by atoms with Crippen molar-refractivity contribution in [3.63, 3.8) is 0 Å². The molecular weight excluding hydrogens is 232 g/mol. The molecule has 0 fully saturated rings.